The largest absolute Gasteiger partial charge is 0.391 e. The standard InChI is InChI=1S/C9H18N2OS/c1-5-6(2)10-9(13)11-7(3)8(4)12/h5-8,12H,1H2,2-4H3,(H2,10,11,13). The van der Waals surface area contributed by atoms with Crippen LogP contribution < -0.4 is 10.6 Å². The smallest absolute Gasteiger partial charge is 0.167 e. The van der Waals surface area contributed by atoms with Crippen LogP contribution in [0.1, 0.15) is 20.8 Å². The van der Waals surface area contributed by atoms with Gasteiger partial charge in [-0.2, -0.15) is 0 Å². The Bertz CT molecular complexity index is 182. The molecule has 0 aromatic heterocycles. The molecule has 4 heteroatoms. The molecule has 0 bridgehead atoms. The van der Waals surface area contributed by atoms with E-state index < -0.39 is 6.10 Å². The molecule has 0 aromatic carbocycles. The topological polar surface area (TPSA) is 44.3 Å². The van der Waals surface area contributed by atoms with Crippen molar-refractivity contribution in [2.75, 3.05) is 0 Å². The highest BCUT2D eigenvalue weighted by Gasteiger charge is 2.09. The van der Waals surface area contributed by atoms with Crippen molar-refractivity contribution in [3.8, 4) is 0 Å². The Morgan fingerprint density at radius 3 is 2.31 bits per heavy atom. The van der Waals surface area contributed by atoms with E-state index in [2.05, 4.69) is 17.2 Å². The molecule has 0 saturated carbocycles. The lowest BCUT2D eigenvalue weighted by Gasteiger charge is -2.20. The number of hydrogen-bond donors (Lipinski definition) is 3. The summed E-state index contributed by atoms with van der Waals surface area (Å²) in [6.07, 6.45) is 1.35. The third kappa shape index (κ3) is 5.60. The molecule has 76 valence electrons. The van der Waals surface area contributed by atoms with Gasteiger partial charge in [-0.25, -0.2) is 0 Å². The lowest BCUT2D eigenvalue weighted by atomic mass is 10.2. The van der Waals surface area contributed by atoms with Crippen molar-refractivity contribution in [1.29, 1.82) is 0 Å². The molecule has 0 radical (unpaired) electrons. The van der Waals surface area contributed by atoms with Crippen LogP contribution in [-0.2, 0) is 0 Å². The van der Waals surface area contributed by atoms with Gasteiger partial charge in [0.05, 0.1) is 12.1 Å². The maximum atomic E-state index is 9.19. The molecule has 0 amide bonds. The van der Waals surface area contributed by atoms with E-state index in [0.717, 1.165) is 0 Å². The molecule has 0 aliphatic heterocycles. The van der Waals surface area contributed by atoms with E-state index in [1.54, 1.807) is 13.0 Å². The highest BCUT2D eigenvalue weighted by atomic mass is 32.1. The van der Waals surface area contributed by atoms with Crippen molar-refractivity contribution in [3.63, 3.8) is 0 Å². The van der Waals surface area contributed by atoms with Crippen molar-refractivity contribution in [1.82, 2.24) is 10.6 Å². The predicted octanol–water partition coefficient (Wildman–Crippen LogP) is 0.794. The summed E-state index contributed by atoms with van der Waals surface area (Å²) in [6.45, 7) is 9.17. The second-order valence-electron chi connectivity index (χ2n) is 3.17. The molecule has 0 spiro atoms. The van der Waals surface area contributed by atoms with Gasteiger partial charge >= 0.3 is 0 Å². The Labute approximate surface area is 85.2 Å². The summed E-state index contributed by atoms with van der Waals surface area (Å²) >= 11 is 5.01. The molecule has 3 atom stereocenters. The van der Waals surface area contributed by atoms with E-state index in [1.165, 1.54) is 0 Å². The van der Waals surface area contributed by atoms with Crippen LogP contribution in [0.25, 0.3) is 0 Å². The Hall–Kier alpha value is -0.610. The van der Waals surface area contributed by atoms with Gasteiger partial charge in [0.2, 0.25) is 0 Å². The van der Waals surface area contributed by atoms with Crippen LogP contribution in [0.3, 0.4) is 0 Å². The molecule has 0 rings (SSSR count). The molecule has 0 saturated heterocycles. The second kappa shape index (κ2) is 5.94. The Kier molecular flexibility index (Phi) is 5.66. The van der Waals surface area contributed by atoms with E-state index in [0.29, 0.717) is 5.11 Å². The number of aliphatic hydroxyl groups excluding tert-OH is 1. The molecular weight excluding hydrogens is 184 g/mol. The monoisotopic (exact) mass is 202 g/mol. The number of nitrogens with one attached hydrogen (secondary N) is 2. The number of thiocarbonyl (C=S) groups is 1. The van der Waals surface area contributed by atoms with E-state index in [-0.39, 0.29) is 12.1 Å². The summed E-state index contributed by atoms with van der Waals surface area (Å²) < 4.78 is 0. The van der Waals surface area contributed by atoms with Crippen LogP contribution in [-0.4, -0.2) is 28.4 Å². The number of rotatable bonds is 4. The van der Waals surface area contributed by atoms with Gasteiger partial charge in [-0.05, 0) is 33.0 Å². The van der Waals surface area contributed by atoms with Crippen molar-refractivity contribution in [2.45, 2.75) is 39.0 Å². The van der Waals surface area contributed by atoms with E-state index >= 15 is 0 Å². The summed E-state index contributed by atoms with van der Waals surface area (Å²) in [5.74, 6) is 0. The first kappa shape index (κ1) is 12.4. The normalized spacial score (nSPS) is 16.9. The zero-order chi connectivity index (χ0) is 10.4. The van der Waals surface area contributed by atoms with E-state index in [9.17, 15) is 5.11 Å². The number of aliphatic hydroxyl groups is 1. The quantitative estimate of drug-likeness (QED) is 0.466. The van der Waals surface area contributed by atoms with Crippen molar-refractivity contribution in [3.05, 3.63) is 12.7 Å². The minimum absolute atomic E-state index is 0.0444. The second-order valence-corrected chi connectivity index (χ2v) is 3.58. The molecule has 0 heterocycles. The minimum atomic E-state index is -0.418. The highest BCUT2D eigenvalue weighted by Crippen LogP contribution is 1.90. The maximum absolute atomic E-state index is 9.19. The van der Waals surface area contributed by atoms with Gasteiger partial charge in [0, 0.05) is 6.04 Å². The molecule has 13 heavy (non-hydrogen) atoms. The fraction of sp³-hybridized carbons (Fsp3) is 0.667. The molecule has 0 aromatic rings. The third-order valence-electron chi connectivity index (χ3n) is 1.79. The summed E-state index contributed by atoms with van der Waals surface area (Å²) in [5, 5.41) is 15.7. The predicted molar refractivity (Wildman–Crippen MR) is 59.7 cm³/mol. The van der Waals surface area contributed by atoms with Gasteiger partial charge < -0.3 is 15.7 Å². The third-order valence-corrected chi connectivity index (χ3v) is 2.03. The Morgan fingerprint density at radius 2 is 1.92 bits per heavy atom. The molecule has 0 fully saturated rings. The van der Waals surface area contributed by atoms with E-state index in [4.69, 9.17) is 12.2 Å². The van der Waals surface area contributed by atoms with Gasteiger partial charge in [-0.1, -0.05) is 6.08 Å². The van der Waals surface area contributed by atoms with Crippen LogP contribution >= 0.6 is 12.2 Å². The number of hydrogen-bond acceptors (Lipinski definition) is 2. The average molecular weight is 202 g/mol. The molecule has 0 aliphatic carbocycles. The first-order valence-electron chi connectivity index (χ1n) is 4.35. The molecule has 3 nitrogen and oxygen atoms in total. The van der Waals surface area contributed by atoms with E-state index in [1.807, 2.05) is 13.8 Å². The first-order chi connectivity index (χ1) is 5.97. The lowest BCUT2D eigenvalue weighted by molar-refractivity contribution is 0.162. The summed E-state index contributed by atoms with van der Waals surface area (Å²) in [7, 11) is 0. The van der Waals surface area contributed by atoms with Gasteiger partial charge in [-0.3, -0.25) is 0 Å². The summed E-state index contributed by atoms with van der Waals surface area (Å²) in [6, 6.07) is 0.0956. The van der Waals surface area contributed by atoms with Crippen molar-refractivity contribution in [2.24, 2.45) is 0 Å². The summed E-state index contributed by atoms with van der Waals surface area (Å²) in [5.41, 5.74) is 0. The zero-order valence-corrected chi connectivity index (χ0v) is 9.19. The minimum Gasteiger partial charge on any atom is -0.391 e. The average Bonchev–Trinajstić information content (AvgIpc) is 2.03. The fourth-order valence-corrected chi connectivity index (χ4v) is 1.01. The van der Waals surface area contributed by atoms with Crippen LogP contribution in [0.2, 0.25) is 0 Å². The van der Waals surface area contributed by atoms with Gasteiger partial charge in [0.1, 0.15) is 0 Å². The molecule has 0 aliphatic rings. The van der Waals surface area contributed by atoms with Crippen LogP contribution in [0.15, 0.2) is 12.7 Å². The SMILES string of the molecule is C=CC(C)NC(=S)NC(C)C(C)O. The van der Waals surface area contributed by atoms with Crippen LogP contribution in [0, 0.1) is 0 Å². The fourth-order valence-electron chi connectivity index (χ4n) is 0.635. The van der Waals surface area contributed by atoms with Crippen LogP contribution in [0.4, 0.5) is 0 Å². The highest BCUT2D eigenvalue weighted by molar-refractivity contribution is 7.80. The van der Waals surface area contributed by atoms with Gasteiger partial charge in [-0.15, -0.1) is 6.58 Å². The van der Waals surface area contributed by atoms with Crippen molar-refractivity contribution < 1.29 is 5.11 Å². The lowest BCUT2D eigenvalue weighted by Crippen LogP contribution is -2.47. The Balaban J connectivity index is 3.80. The zero-order valence-electron chi connectivity index (χ0n) is 8.37. The van der Waals surface area contributed by atoms with Gasteiger partial charge in [0.25, 0.3) is 0 Å². The molecule has 3 N–H and O–H groups in total. The van der Waals surface area contributed by atoms with Gasteiger partial charge in [0.15, 0.2) is 5.11 Å². The molecular formula is C9H18N2OS. The maximum Gasteiger partial charge on any atom is 0.167 e. The summed E-state index contributed by atoms with van der Waals surface area (Å²) in [4.78, 5) is 0. The van der Waals surface area contributed by atoms with Crippen LogP contribution in [0.5, 0.6) is 0 Å². The van der Waals surface area contributed by atoms with Crippen molar-refractivity contribution >= 4 is 17.3 Å². The molecule has 3 unspecified atom stereocenters. The first-order valence-corrected chi connectivity index (χ1v) is 4.75. The Morgan fingerprint density at radius 1 is 1.38 bits per heavy atom.